The van der Waals surface area contributed by atoms with Crippen LogP contribution in [0, 0.1) is 6.92 Å². The van der Waals surface area contributed by atoms with Crippen molar-refractivity contribution in [2.75, 3.05) is 13.2 Å². The summed E-state index contributed by atoms with van der Waals surface area (Å²) >= 11 is 0. The molecule has 0 saturated carbocycles. The molecule has 148 valence electrons. The van der Waals surface area contributed by atoms with E-state index in [-0.39, 0.29) is 11.4 Å². The smallest absolute Gasteiger partial charge is 0.240 e. The third kappa shape index (κ3) is 4.52. The van der Waals surface area contributed by atoms with E-state index in [1.165, 1.54) is 6.07 Å². The number of aliphatic hydroxyl groups excluding tert-OH is 1. The molecular weight excluding hydrogens is 374 g/mol. The van der Waals surface area contributed by atoms with Crippen molar-refractivity contribution in [2.24, 2.45) is 0 Å². The highest BCUT2D eigenvalue weighted by atomic mass is 32.2. The first-order valence-electron chi connectivity index (χ1n) is 9.31. The fraction of sp³-hybridized carbons (Fsp3) is 0.273. The number of aliphatic hydroxyl groups is 1. The second-order valence-electron chi connectivity index (χ2n) is 6.71. The first kappa shape index (κ1) is 20.3. The molecule has 0 radical (unpaired) electrons. The van der Waals surface area contributed by atoms with E-state index in [4.69, 9.17) is 4.74 Å². The summed E-state index contributed by atoms with van der Waals surface area (Å²) in [7, 11) is -3.74. The van der Waals surface area contributed by atoms with E-state index in [9.17, 15) is 13.5 Å². The highest BCUT2D eigenvalue weighted by molar-refractivity contribution is 7.89. The lowest BCUT2D eigenvalue weighted by Crippen LogP contribution is -2.28. The average Bonchev–Trinajstić information content (AvgIpc) is 2.70. The Labute approximate surface area is 166 Å². The molecule has 0 aliphatic carbocycles. The van der Waals surface area contributed by atoms with Crippen LogP contribution in [0.4, 0.5) is 0 Å². The van der Waals surface area contributed by atoms with Crippen molar-refractivity contribution in [1.82, 2.24) is 4.72 Å². The molecular formula is C22H25NO4S. The van der Waals surface area contributed by atoms with Crippen molar-refractivity contribution >= 4 is 20.8 Å². The van der Waals surface area contributed by atoms with Crippen LogP contribution in [0.25, 0.3) is 10.8 Å². The molecule has 28 heavy (non-hydrogen) atoms. The number of fused-ring (bicyclic) bond motifs is 1. The average molecular weight is 400 g/mol. The van der Waals surface area contributed by atoms with Crippen LogP contribution in [0.1, 0.15) is 30.6 Å². The minimum absolute atomic E-state index is 0.108. The van der Waals surface area contributed by atoms with Gasteiger partial charge in [0.25, 0.3) is 0 Å². The van der Waals surface area contributed by atoms with E-state index >= 15 is 0 Å². The summed E-state index contributed by atoms with van der Waals surface area (Å²) in [5.74, 6) is 0.677. The number of benzene rings is 3. The Balaban J connectivity index is 1.75. The molecule has 0 saturated heterocycles. The number of hydrogen-bond acceptors (Lipinski definition) is 4. The van der Waals surface area contributed by atoms with Crippen molar-refractivity contribution < 1.29 is 18.3 Å². The van der Waals surface area contributed by atoms with Gasteiger partial charge in [0.2, 0.25) is 10.0 Å². The predicted octanol–water partition coefficient (Wildman–Crippen LogP) is 3.95. The lowest BCUT2D eigenvalue weighted by atomic mass is 10.0. The zero-order chi connectivity index (χ0) is 20.1. The number of sulfonamides is 1. The number of rotatable bonds is 8. The number of hydrogen-bond donors (Lipinski definition) is 2. The summed E-state index contributed by atoms with van der Waals surface area (Å²) in [6, 6.07) is 18.1. The normalized spacial score (nSPS) is 12.8. The number of nitrogens with one attached hydrogen (secondary N) is 1. The lowest BCUT2D eigenvalue weighted by Gasteiger charge is -2.15. The second-order valence-corrected chi connectivity index (χ2v) is 8.48. The first-order valence-corrected chi connectivity index (χ1v) is 10.8. The van der Waals surface area contributed by atoms with Gasteiger partial charge in [-0.1, -0.05) is 49.4 Å². The van der Waals surface area contributed by atoms with E-state index in [0.29, 0.717) is 17.9 Å². The first-order chi connectivity index (χ1) is 13.4. The van der Waals surface area contributed by atoms with Crippen LogP contribution in [0.5, 0.6) is 5.75 Å². The summed E-state index contributed by atoms with van der Waals surface area (Å²) in [5.41, 5.74) is 1.45. The van der Waals surface area contributed by atoms with Crippen LogP contribution < -0.4 is 9.46 Å². The van der Waals surface area contributed by atoms with Gasteiger partial charge in [-0.25, -0.2) is 13.1 Å². The maximum atomic E-state index is 12.6. The van der Waals surface area contributed by atoms with Gasteiger partial charge in [0.15, 0.2) is 0 Å². The van der Waals surface area contributed by atoms with E-state index in [1.54, 1.807) is 12.1 Å². The Bertz CT molecular complexity index is 1060. The van der Waals surface area contributed by atoms with Crippen LogP contribution in [0.2, 0.25) is 0 Å². The second kappa shape index (κ2) is 8.73. The number of aryl methyl sites for hydroxylation is 1. The van der Waals surface area contributed by atoms with E-state index in [2.05, 4.69) is 4.72 Å². The van der Waals surface area contributed by atoms with Gasteiger partial charge in [-0.05, 0) is 53.4 Å². The Morgan fingerprint density at radius 2 is 1.82 bits per heavy atom. The van der Waals surface area contributed by atoms with Crippen molar-refractivity contribution in [2.45, 2.75) is 31.3 Å². The van der Waals surface area contributed by atoms with Gasteiger partial charge in [-0.15, -0.1) is 0 Å². The SMILES string of the molecule is CCCOc1ccc(S(=O)(=O)NCC(O)c2cccc3ccccc23)cc1C. The molecule has 0 amide bonds. The van der Waals surface area contributed by atoms with Crippen LogP contribution in [0.15, 0.2) is 65.6 Å². The third-order valence-corrected chi connectivity index (χ3v) is 5.99. The molecule has 3 aromatic rings. The molecule has 0 fully saturated rings. The molecule has 0 spiro atoms. The molecule has 5 nitrogen and oxygen atoms in total. The maximum absolute atomic E-state index is 12.6. The summed E-state index contributed by atoms with van der Waals surface area (Å²) < 4.78 is 33.4. The monoisotopic (exact) mass is 399 g/mol. The lowest BCUT2D eigenvalue weighted by molar-refractivity contribution is 0.183. The summed E-state index contributed by atoms with van der Waals surface area (Å²) in [4.78, 5) is 0.152. The number of ether oxygens (including phenoxy) is 1. The summed E-state index contributed by atoms with van der Waals surface area (Å²) in [5, 5.41) is 12.5. The fourth-order valence-corrected chi connectivity index (χ4v) is 4.21. The third-order valence-electron chi connectivity index (χ3n) is 4.57. The van der Waals surface area contributed by atoms with Crippen LogP contribution in [0.3, 0.4) is 0 Å². The zero-order valence-electron chi connectivity index (χ0n) is 16.1. The fourth-order valence-electron chi connectivity index (χ4n) is 3.09. The van der Waals surface area contributed by atoms with Gasteiger partial charge < -0.3 is 9.84 Å². The summed E-state index contributed by atoms with van der Waals surface area (Å²) in [6.45, 7) is 4.31. The minimum atomic E-state index is -3.74. The Morgan fingerprint density at radius 1 is 1.07 bits per heavy atom. The zero-order valence-corrected chi connectivity index (χ0v) is 16.9. The van der Waals surface area contributed by atoms with Crippen molar-refractivity contribution in [3.63, 3.8) is 0 Å². The molecule has 0 heterocycles. The Hall–Kier alpha value is -2.41. The van der Waals surface area contributed by atoms with Gasteiger partial charge in [-0.3, -0.25) is 0 Å². The van der Waals surface area contributed by atoms with Gasteiger partial charge in [0.05, 0.1) is 17.6 Å². The van der Waals surface area contributed by atoms with E-state index in [0.717, 1.165) is 22.8 Å². The van der Waals surface area contributed by atoms with E-state index < -0.39 is 16.1 Å². The molecule has 2 N–H and O–H groups in total. The summed E-state index contributed by atoms with van der Waals surface area (Å²) in [6.07, 6.45) is -0.0678. The minimum Gasteiger partial charge on any atom is -0.493 e. The van der Waals surface area contributed by atoms with Crippen LogP contribution in [-0.2, 0) is 10.0 Å². The molecule has 0 aliphatic rings. The van der Waals surface area contributed by atoms with Crippen molar-refractivity contribution in [1.29, 1.82) is 0 Å². The molecule has 6 heteroatoms. The molecule has 0 aliphatic heterocycles. The quantitative estimate of drug-likeness (QED) is 0.601. The van der Waals surface area contributed by atoms with Crippen molar-refractivity contribution in [3.05, 3.63) is 71.8 Å². The Morgan fingerprint density at radius 3 is 2.57 bits per heavy atom. The highest BCUT2D eigenvalue weighted by Gasteiger charge is 2.19. The maximum Gasteiger partial charge on any atom is 0.240 e. The van der Waals surface area contributed by atoms with Gasteiger partial charge in [0.1, 0.15) is 5.75 Å². The molecule has 3 aromatic carbocycles. The van der Waals surface area contributed by atoms with Gasteiger partial charge in [0, 0.05) is 6.54 Å². The van der Waals surface area contributed by atoms with Crippen LogP contribution >= 0.6 is 0 Å². The predicted molar refractivity (Wildman–Crippen MR) is 111 cm³/mol. The molecule has 3 rings (SSSR count). The standard InChI is InChI=1S/C22H25NO4S/c1-3-13-27-22-12-11-18(14-16(22)2)28(25,26)23-15-21(24)20-10-6-8-17-7-4-5-9-19(17)20/h4-12,14,21,23-24H,3,13,15H2,1-2H3. The molecule has 1 unspecified atom stereocenters. The van der Waals surface area contributed by atoms with E-state index in [1.807, 2.05) is 56.3 Å². The van der Waals surface area contributed by atoms with Crippen molar-refractivity contribution in [3.8, 4) is 5.75 Å². The molecule has 0 bridgehead atoms. The van der Waals surface area contributed by atoms with Gasteiger partial charge in [-0.2, -0.15) is 0 Å². The Kier molecular flexibility index (Phi) is 6.34. The molecule has 0 aromatic heterocycles. The largest absolute Gasteiger partial charge is 0.493 e. The molecule has 1 atom stereocenters. The highest BCUT2D eigenvalue weighted by Crippen LogP contribution is 2.25. The topological polar surface area (TPSA) is 75.6 Å². The van der Waals surface area contributed by atoms with Gasteiger partial charge >= 0.3 is 0 Å². The van der Waals surface area contributed by atoms with Crippen LogP contribution in [-0.4, -0.2) is 26.7 Å².